The molecule has 204 valence electrons. The molecular formula is C28H55NaO5S. The van der Waals surface area contributed by atoms with Crippen molar-refractivity contribution in [3.8, 4) is 0 Å². The van der Waals surface area contributed by atoms with E-state index in [2.05, 4.69) is 13.8 Å². The van der Waals surface area contributed by atoms with Crippen molar-refractivity contribution in [2.24, 2.45) is 0 Å². The molecule has 7 heteroatoms. The van der Waals surface area contributed by atoms with E-state index in [9.17, 15) is 22.9 Å². The normalized spacial score (nSPS) is 13.3. The van der Waals surface area contributed by atoms with Crippen molar-refractivity contribution in [1.29, 1.82) is 0 Å². The van der Waals surface area contributed by atoms with Gasteiger partial charge in [-0.2, -0.15) is 8.42 Å². The first kappa shape index (κ1) is 37.5. The zero-order valence-corrected chi connectivity index (χ0v) is 26.3. The summed E-state index contributed by atoms with van der Waals surface area (Å²) in [6, 6.07) is 0. The average molecular weight is 527 g/mol. The summed E-state index contributed by atoms with van der Waals surface area (Å²) >= 11 is 0. The van der Waals surface area contributed by atoms with Crippen molar-refractivity contribution in [3.63, 3.8) is 0 Å². The van der Waals surface area contributed by atoms with Crippen LogP contribution in [0.2, 0.25) is 0 Å². The van der Waals surface area contributed by atoms with Gasteiger partial charge in [-0.1, -0.05) is 155 Å². The zero-order valence-electron chi connectivity index (χ0n) is 23.5. The second-order valence-electron chi connectivity index (χ2n) is 10.3. The topological polar surface area (TPSA) is 94.5 Å². The summed E-state index contributed by atoms with van der Waals surface area (Å²) in [5.41, 5.74) is 0. The zero-order chi connectivity index (χ0) is 25.5. The van der Waals surface area contributed by atoms with Gasteiger partial charge in [0.25, 0.3) is 10.1 Å². The van der Waals surface area contributed by atoms with Crippen LogP contribution in [-0.2, 0) is 14.9 Å². The number of unbranched alkanes of at least 4 members (excludes halogenated alkanes) is 20. The van der Waals surface area contributed by atoms with Crippen molar-refractivity contribution >= 4 is 16.1 Å². The van der Waals surface area contributed by atoms with Crippen molar-refractivity contribution < 1.29 is 52.4 Å². The number of hydrogen-bond acceptors (Lipinski definition) is 4. The SMILES string of the molecule is CCCCCCCCCCCCCCC(CCCCCCCCCCCC)(C(=O)[O-])S(=O)(=O)O.[Na+]. The number of aliphatic carboxylic acids is 1. The number of carboxylic acid groups (broad SMARTS) is 1. The second kappa shape index (κ2) is 24.7. The van der Waals surface area contributed by atoms with Crippen molar-refractivity contribution in [3.05, 3.63) is 0 Å². The van der Waals surface area contributed by atoms with E-state index in [1.807, 2.05) is 0 Å². The third kappa shape index (κ3) is 19.2. The van der Waals surface area contributed by atoms with E-state index >= 15 is 0 Å². The maximum absolute atomic E-state index is 12.1. The minimum absolute atomic E-state index is 0. The van der Waals surface area contributed by atoms with Crippen LogP contribution in [0.1, 0.15) is 168 Å². The van der Waals surface area contributed by atoms with Crippen LogP contribution in [0.15, 0.2) is 0 Å². The molecule has 1 unspecified atom stereocenters. The van der Waals surface area contributed by atoms with Crippen LogP contribution < -0.4 is 34.7 Å². The molecule has 0 fully saturated rings. The largest absolute Gasteiger partial charge is 1.00 e. The van der Waals surface area contributed by atoms with Gasteiger partial charge in [-0.25, -0.2) is 0 Å². The summed E-state index contributed by atoms with van der Waals surface area (Å²) in [5.74, 6) is -1.64. The molecule has 0 saturated carbocycles. The monoisotopic (exact) mass is 526 g/mol. The molecular weight excluding hydrogens is 471 g/mol. The average Bonchev–Trinajstić information content (AvgIpc) is 2.78. The third-order valence-corrected chi connectivity index (χ3v) is 8.80. The molecule has 0 heterocycles. The van der Waals surface area contributed by atoms with Crippen LogP contribution in [0.25, 0.3) is 0 Å². The van der Waals surface area contributed by atoms with Gasteiger partial charge in [0.15, 0.2) is 0 Å². The van der Waals surface area contributed by atoms with Gasteiger partial charge in [-0.15, -0.1) is 0 Å². The first-order chi connectivity index (χ1) is 16.3. The Morgan fingerprint density at radius 2 is 0.800 bits per heavy atom. The van der Waals surface area contributed by atoms with Gasteiger partial charge in [0.05, 0.1) is 5.97 Å². The number of hydrogen-bond donors (Lipinski definition) is 1. The molecule has 0 aromatic rings. The Bertz CT molecular complexity index is 582. The molecule has 1 N–H and O–H groups in total. The molecule has 0 aromatic carbocycles. The van der Waals surface area contributed by atoms with Gasteiger partial charge >= 0.3 is 29.6 Å². The van der Waals surface area contributed by atoms with E-state index in [0.717, 1.165) is 38.5 Å². The minimum Gasteiger partial charge on any atom is -0.548 e. The Labute approximate surface area is 240 Å². The molecule has 35 heavy (non-hydrogen) atoms. The molecule has 0 spiro atoms. The van der Waals surface area contributed by atoms with Gasteiger partial charge in [-0.3, -0.25) is 4.55 Å². The number of carbonyl (C=O) groups excluding carboxylic acids is 1. The molecule has 0 rings (SSSR count). The van der Waals surface area contributed by atoms with Crippen LogP contribution in [0, 0.1) is 0 Å². The Kier molecular flexibility index (Phi) is 26.5. The van der Waals surface area contributed by atoms with E-state index in [4.69, 9.17) is 0 Å². The summed E-state index contributed by atoms with van der Waals surface area (Å²) in [5, 5.41) is 11.8. The predicted octanol–water partition coefficient (Wildman–Crippen LogP) is 4.77. The molecule has 0 aromatic heterocycles. The number of carboxylic acids is 1. The summed E-state index contributed by atoms with van der Waals surface area (Å²) < 4.78 is 31.7. The van der Waals surface area contributed by atoms with Gasteiger partial charge in [-0.05, 0) is 12.8 Å². The Morgan fingerprint density at radius 3 is 1.00 bits per heavy atom. The Hall–Kier alpha value is 0.380. The molecule has 0 amide bonds. The van der Waals surface area contributed by atoms with E-state index in [-0.39, 0.29) is 42.4 Å². The summed E-state index contributed by atoms with van der Waals surface area (Å²) in [7, 11) is -4.71. The van der Waals surface area contributed by atoms with Gasteiger partial charge < -0.3 is 9.90 Å². The fraction of sp³-hybridized carbons (Fsp3) is 0.964. The second-order valence-corrected chi connectivity index (χ2v) is 12.1. The summed E-state index contributed by atoms with van der Waals surface area (Å²) in [6.45, 7) is 4.43. The van der Waals surface area contributed by atoms with Crippen LogP contribution in [0.5, 0.6) is 0 Å². The van der Waals surface area contributed by atoms with Crippen LogP contribution in [-0.4, -0.2) is 23.7 Å². The van der Waals surface area contributed by atoms with Crippen LogP contribution in [0.4, 0.5) is 0 Å². The standard InChI is InChI=1S/C28H56O5S.Na/c1-3-5-7-9-11-13-15-16-18-20-22-24-26-28(27(29)30,34(31,32)33)25-23-21-19-17-14-12-10-8-6-4-2;/h3-26H2,1-2H3,(H,29,30)(H,31,32,33);/q;+1/p-1. The Morgan fingerprint density at radius 1 is 0.571 bits per heavy atom. The maximum atomic E-state index is 12.1. The summed E-state index contributed by atoms with van der Waals surface area (Å²) in [4.78, 5) is 11.8. The van der Waals surface area contributed by atoms with Gasteiger partial charge in [0, 0.05) is 0 Å². The molecule has 0 aliphatic rings. The van der Waals surface area contributed by atoms with Gasteiger partial charge in [0.1, 0.15) is 4.75 Å². The van der Waals surface area contributed by atoms with Gasteiger partial charge in [0.2, 0.25) is 0 Å². The summed E-state index contributed by atoms with van der Waals surface area (Å²) in [6.07, 6.45) is 24.3. The molecule has 0 aliphatic carbocycles. The fourth-order valence-electron chi connectivity index (χ4n) is 4.84. The van der Waals surface area contributed by atoms with Crippen LogP contribution >= 0.6 is 0 Å². The molecule has 0 saturated heterocycles. The van der Waals surface area contributed by atoms with Crippen molar-refractivity contribution in [2.45, 2.75) is 173 Å². The molecule has 1 atom stereocenters. The smallest absolute Gasteiger partial charge is 0.548 e. The van der Waals surface area contributed by atoms with E-state index in [0.29, 0.717) is 12.8 Å². The van der Waals surface area contributed by atoms with Crippen molar-refractivity contribution in [2.75, 3.05) is 0 Å². The molecule has 5 nitrogen and oxygen atoms in total. The third-order valence-electron chi connectivity index (χ3n) is 7.23. The van der Waals surface area contributed by atoms with E-state index in [1.165, 1.54) is 89.9 Å². The number of rotatable bonds is 26. The minimum atomic E-state index is -4.71. The molecule has 0 radical (unpaired) electrons. The molecule has 0 aliphatic heterocycles. The fourth-order valence-corrected chi connectivity index (χ4v) is 5.86. The number of carbonyl (C=O) groups is 1. The predicted molar refractivity (Wildman–Crippen MR) is 141 cm³/mol. The van der Waals surface area contributed by atoms with Crippen molar-refractivity contribution in [1.82, 2.24) is 0 Å². The van der Waals surface area contributed by atoms with E-state index < -0.39 is 20.8 Å². The first-order valence-corrected chi connectivity index (χ1v) is 15.9. The quantitative estimate of drug-likeness (QED) is 0.0995. The first-order valence-electron chi connectivity index (χ1n) is 14.5. The molecule has 0 bridgehead atoms. The van der Waals surface area contributed by atoms with E-state index in [1.54, 1.807) is 0 Å². The maximum Gasteiger partial charge on any atom is 1.00 e. The van der Waals surface area contributed by atoms with Crippen LogP contribution in [0.3, 0.4) is 0 Å². The Balaban J connectivity index is 0.